The fraction of sp³-hybridized carbons (Fsp3) is 0.750. The van der Waals surface area contributed by atoms with Gasteiger partial charge < -0.3 is 25.0 Å². The fourth-order valence-corrected chi connectivity index (χ4v) is 5.48. The number of amides is 1. The summed E-state index contributed by atoms with van der Waals surface area (Å²) < 4.78 is 13.2. The van der Waals surface area contributed by atoms with Crippen molar-refractivity contribution in [3.05, 3.63) is 26.4 Å². The van der Waals surface area contributed by atoms with Crippen LogP contribution in [0.5, 0.6) is 5.88 Å². The Labute approximate surface area is 214 Å². The van der Waals surface area contributed by atoms with Crippen molar-refractivity contribution in [3.63, 3.8) is 0 Å². The summed E-state index contributed by atoms with van der Waals surface area (Å²) in [6.45, 7) is 4.52. The van der Waals surface area contributed by atoms with Crippen LogP contribution in [0.25, 0.3) is 0 Å². The van der Waals surface area contributed by atoms with E-state index in [1.54, 1.807) is 0 Å². The van der Waals surface area contributed by atoms with Crippen molar-refractivity contribution in [1.29, 1.82) is 0 Å². The van der Waals surface area contributed by atoms with E-state index in [0.29, 0.717) is 65.3 Å². The van der Waals surface area contributed by atoms with Crippen molar-refractivity contribution in [2.24, 2.45) is 0 Å². The molecule has 4 rings (SSSR count). The minimum atomic E-state index is -1.29. The molecule has 0 bridgehead atoms. The lowest BCUT2D eigenvalue weighted by Gasteiger charge is -2.37. The number of hydrogen-bond donors (Lipinski definition) is 3. The van der Waals surface area contributed by atoms with Gasteiger partial charge in [0.05, 0.1) is 32.6 Å². The van der Waals surface area contributed by atoms with Gasteiger partial charge in [0.2, 0.25) is 5.88 Å². The van der Waals surface area contributed by atoms with E-state index in [0.717, 1.165) is 36.9 Å². The Kier molecular flexibility index (Phi) is 9.35. The molecule has 0 spiro atoms. The second-order valence-corrected chi connectivity index (χ2v) is 9.77. The Hall–Kier alpha value is -2.74. The number of aromatic hydroxyl groups is 1. The summed E-state index contributed by atoms with van der Waals surface area (Å²) in [4.78, 5) is 55.9. The fourth-order valence-electron chi connectivity index (χ4n) is 5.48. The van der Waals surface area contributed by atoms with Crippen LogP contribution in [-0.4, -0.2) is 107 Å². The van der Waals surface area contributed by atoms with Gasteiger partial charge in [-0.1, -0.05) is 19.3 Å². The van der Waals surface area contributed by atoms with E-state index in [2.05, 4.69) is 10.2 Å². The van der Waals surface area contributed by atoms with Crippen molar-refractivity contribution < 1.29 is 29.3 Å². The molecule has 206 valence electrons. The Morgan fingerprint density at radius 2 is 1.59 bits per heavy atom. The minimum Gasteiger partial charge on any atom is -0.494 e. The molecule has 1 atom stereocenters. The number of carboxylic acid groups (broad SMARTS) is 1. The molecule has 1 aromatic rings. The number of nitrogens with zero attached hydrogens (tertiary/aromatic N) is 4. The highest BCUT2D eigenvalue weighted by molar-refractivity contribution is 5.97. The third kappa shape index (κ3) is 6.40. The Morgan fingerprint density at radius 3 is 2.22 bits per heavy atom. The molecule has 3 heterocycles. The number of aliphatic carboxylic acids is 1. The van der Waals surface area contributed by atoms with Crippen LogP contribution in [0.15, 0.2) is 9.59 Å². The number of aromatic nitrogens is 2. The van der Waals surface area contributed by atoms with Gasteiger partial charge in [0.1, 0.15) is 6.54 Å². The molecule has 0 radical (unpaired) electrons. The molecule has 1 amide bonds. The maximum Gasteiger partial charge on any atom is 0.335 e. The van der Waals surface area contributed by atoms with Crippen molar-refractivity contribution in [1.82, 2.24) is 24.3 Å². The molecule has 37 heavy (non-hydrogen) atoms. The zero-order chi connectivity index (χ0) is 26.4. The molecule has 2 saturated heterocycles. The van der Waals surface area contributed by atoms with E-state index in [1.807, 2.05) is 4.90 Å². The van der Waals surface area contributed by atoms with Gasteiger partial charge in [0.25, 0.3) is 11.5 Å². The molecule has 1 saturated carbocycles. The lowest BCUT2D eigenvalue weighted by molar-refractivity contribution is -0.135. The first-order valence-electron chi connectivity index (χ1n) is 13.1. The lowest BCUT2D eigenvalue weighted by atomic mass is 9.95. The van der Waals surface area contributed by atoms with Gasteiger partial charge in [0, 0.05) is 38.8 Å². The monoisotopic (exact) mass is 523 g/mol. The number of morpholine rings is 2. The first kappa shape index (κ1) is 27.3. The average molecular weight is 524 g/mol. The topological polar surface area (TPSA) is 156 Å². The predicted octanol–water partition coefficient (Wildman–Crippen LogP) is -0.412. The average Bonchev–Trinajstić information content (AvgIpc) is 2.91. The first-order chi connectivity index (χ1) is 17.9. The molecule has 2 aliphatic heterocycles. The SMILES string of the molecule is O=C(O)CNC(=O)c1c(O)n(C2CCCCC2)c(=O)n(C(CCN2CCOCC2)N2CCOCC2)c1=O. The number of hydrogen-bond acceptors (Lipinski definition) is 9. The number of rotatable bonds is 9. The molecular formula is C24H37N5O8. The maximum absolute atomic E-state index is 13.9. The first-order valence-corrected chi connectivity index (χ1v) is 13.1. The van der Waals surface area contributed by atoms with Crippen molar-refractivity contribution in [2.45, 2.75) is 50.7 Å². The number of nitrogens with one attached hydrogen (secondary N) is 1. The second-order valence-electron chi connectivity index (χ2n) is 9.77. The van der Waals surface area contributed by atoms with Crippen LogP contribution in [0, 0.1) is 0 Å². The molecule has 0 aromatic carbocycles. The van der Waals surface area contributed by atoms with Crippen LogP contribution < -0.4 is 16.6 Å². The van der Waals surface area contributed by atoms with Crippen LogP contribution in [0.1, 0.15) is 61.1 Å². The van der Waals surface area contributed by atoms with Crippen LogP contribution in [-0.2, 0) is 14.3 Å². The summed E-state index contributed by atoms with van der Waals surface area (Å²) in [6.07, 6.45) is 3.79. The van der Waals surface area contributed by atoms with Gasteiger partial charge in [-0.25, -0.2) is 9.36 Å². The van der Waals surface area contributed by atoms with Crippen molar-refractivity contribution >= 4 is 11.9 Å². The number of ether oxygens (including phenoxy) is 2. The summed E-state index contributed by atoms with van der Waals surface area (Å²) in [5.74, 6) is -3.00. The molecule has 13 heteroatoms. The maximum atomic E-state index is 13.9. The van der Waals surface area contributed by atoms with Crippen LogP contribution in [0.2, 0.25) is 0 Å². The summed E-state index contributed by atoms with van der Waals surface area (Å²) in [5, 5.41) is 22.3. The predicted molar refractivity (Wildman–Crippen MR) is 132 cm³/mol. The van der Waals surface area contributed by atoms with Gasteiger partial charge in [-0.2, -0.15) is 0 Å². The van der Waals surface area contributed by atoms with Gasteiger partial charge in [-0.15, -0.1) is 0 Å². The molecule has 3 aliphatic rings. The smallest absolute Gasteiger partial charge is 0.335 e. The third-order valence-corrected chi connectivity index (χ3v) is 7.44. The normalized spacial score (nSPS) is 21.0. The molecule has 1 aromatic heterocycles. The summed E-state index contributed by atoms with van der Waals surface area (Å²) in [7, 11) is 0. The molecule has 1 aliphatic carbocycles. The van der Waals surface area contributed by atoms with Crippen LogP contribution in [0.4, 0.5) is 0 Å². The largest absolute Gasteiger partial charge is 0.494 e. The van der Waals surface area contributed by atoms with E-state index in [4.69, 9.17) is 14.6 Å². The van der Waals surface area contributed by atoms with Crippen LogP contribution >= 0.6 is 0 Å². The minimum absolute atomic E-state index is 0.358. The summed E-state index contributed by atoms with van der Waals surface area (Å²) >= 11 is 0. The molecule has 3 fully saturated rings. The van der Waals surface area contributed by atoms with Gasteiger partial charge in [-0.05, 0) is 19.3 Å². The van der Waals surface area contributed by atoms with Gasteiger partial charge in [0.15, 0.2) is 5.56 Å². The zero-order valence-corrected chi connectivity index (χ0v) is 21.1. The van der Waals surface area contributed by atoms with E-state index >= 15 is 0 Å². The summed E-state index contributed by atoms with van der Waals surface area (Å²) in [5.41, 5.74) is -2.17. The quantitative estimate of drug-likeness (QED) is 0.389. The van der Waals surface area contributed by atoms with E-state index in [-0.39, 0.29) is 6.04 Å². The van der Waals surface area contributed by atoms with Gasteiger partial charge >= 0.3 is 11.7 Å². The standard InChI is InChI=1S/C24H37N5O8/c30-19(31)16-25-21(32)20-22(33)28(17-4-2-1-3-5-17)24(35)29(23(20)34)18(27-10-14-37-15-11-27)6-7-26-8-12-36-13-9-26/h17-18,33H,1-16H2,(H,25,32)(H,30,31). The highest BCUT2D eigenvalue weighted by Crippen LogP contribution is 2.31. The molecule has 1 unspecified atom stereocenters. The number of carboxylic acids is 1. The zero-order valence-electron chi connectivity index (χ0n) is 21.1. The number of carbonyl (C=O) groups excluding carboxylic acids is 1. The van der Waals surface area contributed by atoms with Crippen molar-refractivity contribution in [2.75, 3.05) is 65.7 Å². The van der Waals surface area contributed by atoms with E-state index in [1.165, 1.54) is 4.57 Å². The second kappa shape index (κ2) is 12.7. The Balaban J connectivity index is 1.80. The Morgan fingerprint density at radius 1 is 0.973 bits per heavy atom. The molecule has 3 N–H and O–H groups in total. The highest BCUT2D eigenvalue weighted by atomic mass is 16.5. The number of carbonyl (C=O) groups is 2. The van der Waals surface area contributed by atoms with Crippen molar-refractivity contribution in [3.8, 4) is 5.88 Å². The summed E-state index contributed by atoms with van der Waals surface area (Å²) in [6, 6.07) is -0.358. The molecular weight excluding hydrogens is 486 g/mol. The van der Waals surface area contributed by atoms with E-state index in [9.17, 15) is 24.3 Å². The third-order valence-electron chi connectivity index (χ3n) is 7.44. The lowest BCUT2D eigenvalue weighted by Crippen LogP contribution is -2.53. The van der Waals surface area contributed by atoms with E-state index < -0.39 is 47.3 Å². The van der Waals surface area contributed by atoms with Gasteiger partial charge in [-0.3, -0.25) is 28.8 Å². The Bertz CT molecular complexity index is 1070. The van der Waals surface area contributed by atoms with Crippen LogP contribution in [0.3, 0.4) is 0 Å². The highest BCUT2D eigenvalue weighted by Gasteiger charge is 2.34. The molecule has 13 nitrogen and oxygen atoms in total.